The number of aromatic nitrogens is 2. The number of benzene rings is 1. The van der Waals surface area contributed by atoms with Gasteiger partial charge in [-0.15, -0.1) is 0 Å². The summed E-state index contributed by atoms with van der Waals surface area (Å²) in [6, 6.07) is 7.71. The predicted octanol–water partition coefficient (Wildman–Crippen LogP) is 2.94. The highest BCUT2D eigenvalue weighted by atomic mass is 79.9. The van der Waals surface area contributed by atoms with Crippen molar-refractivity contribution < 1.29 is 9.47 Å². The van der Waals surface area contributed by atoms with Crippen molar-refractivity contribution in [1.82, 2.24) is 9.97 Å². The first kappa shape index (κ1) is 10.5. The van der Waals surface area contributed by atoms with Crippen LogP contribution in [-0.2, 0) is 0 Å². The minimum Gasteiger partial charge on any atom is -0.454 e. The van der Waals surface area contributed by atoms with Gasteiger partial charge in [-0.3, -0.25) is 0 Å². The summed E-state index contributed by atoms with van der Waals surface area (Å²) in [5.74, 6) is 1.54. The summed E-state index contributed by atoms with van der Waals surface area (Å²) in [4.78, 5) is 8.52. The maximum absolute atomic E-state index is 5.34. The fourth-order valence-electron chi connectivity index (χ4n) is 1.74. The Morgan fingerprint density at radius 2 is 1.94 bits per heavy atom. The standard InChI is InChI=1S/C12H9BrN2O2/c1-7-4-9(15-12(13)14-7)8-2-3-10-11(5-8)17-6-16-10/h2-5H,6H2,1H3. The minimum atomic E-state index is 0.283. The lowest BCUT2D eigenvalue weighted by molar-refractivity contribution is 0.174. The highest BCUT2D eigenvalue weighted by molar-refractivity contribution is 9.10. The second-order valence-corrected chi connectivity index (χ2v) is 4.44. The van der Waals surface area contributed by atoms with Crippen molar-refractivity contribution in [2.75, 3.05) is 6.79 Å². The first-order chi connectivity index (χ1) is 8.22. The van der Waals surface area contributed by atoms with Gasteiger partial charge in [0.25, 0.3) is 0 Å². The third-order valence-corrected chi connectivity index (χ3v) is 2.85. The number of rotatable bonds is 1. The van der Waals surface area contributed by atoms with Crippen molar-refractivity contribution in [3.63, 3.8) is 0 Å². The van der Waals surface area contributed by atoms with E-state index in [0.29, 0.717) is 4.73 Å². The fraction of sp³-hybridized carbons (Fsp3) is 0.167. The van der Waals surface area contributed by atoms with Crippen molar-refractivity contribution in [3.8, 4) is 22.8 Å². The number of fused-ring (bicyclic) bond motifs is 1. The van der Waals surface area contributed by atoms with Crippen LogP contribution in [0.2, 0.25) is 0 Å². The number of ether oxygens (including phenoxy) is 2. The molecule has 2 heterocycles. The van der Waals surface area contributed by atoms with Gasteiger partial charge in [0.2, 0.25) is 6.79 Å². The topological polar surface area (TPSA) is 44.2 Å². The van der Waals surface area contributed by atoms with Crippen LogP contribution < -0.4 is 9.47 Å². The van der Waals surface area contributed by atoms with Gasteiger partial charge in [-0.1, -0.05) is 0 Å². The number of nitrogens with zero attached hydrogens (tertiary/aromatic N) is 2. The van der Waals surface area contributed by atoms with Crippen LogP contribution in [0.4, 0.5) is 0 Å². The SMILES string of the molecule is Cc1cc(-c2ccc3c(c2)OCO3)nc(Br)n1. The summed E-state index contributed by atoms with van der Waals surface area (Å²) in [5.41, 5.74) is 2.77. The van der Waals surface area contributed by atoms with Gasteiger partial charge in [-0.05, 0) is 47.1 Å². The molecule has 0 saturated carbocycles. The Morgan fingerprint density at radius 1 is 1.12 bits per heavy atom. The van der Waals surface area contributed by atoms with Crippen molar-refractivity contribution in [2.45, 2.75) is 6.92 Å². The van der Waals surface area contributed by atoms with Gasteiger partial charge in [0.15, 0.2) is 16.2 Å². The summed E-state index contributed by atoms with van der Waals surface area (Å²) in [5, 5.41) is 0. The molecule has 1 aromatic heterocycles. The third-order valence-electron chi connectivity index (χ3n) is 2.50. The molecule has 1 aliphatic heterocycles. The van der Waals surface area contributed by atoms with Crippen LogP contribution in [0.25, 0.3) is 11.3 Å². The minimum absolute atomic E-state index is 0.283. The Hall–Kier alpha value is -1.62. The first-order valence-electron chi connectivity index (χ1n) is 5.13. The summed E-state index contributed by atoms with van der Waals surface area (Å²) < 4.78 is 11.2. The lowest BCUT2D eigenvalue weighted by Crippen LogP contribution is -1.93. The number of hydrogen-bond donors (Lipinski definition) is 0. The summed E-state index contributed by atoms with van der Waals surface area (Å²) in [6.07, 6.45) is 0. The van der Waals surface area contributed by atoms with Crippen LogP contribution in [0.3, 0.4) is 0 Å². The molecule has 5 heteroatoms. The van der Waals surface area contributed by atoms with Crippen molar-refractivity contribution in [3.05, 3.63) is 34.7 Å². The van der Waals surface area contributed by atoms with Gasteiger partial charge in [-0.2, -0.15) is 0 Å². The van der Waals surface area contributed by atoms with Gasteiger partial charge in [0.1, 0.15) is 0 Å². The van der Waals surface area contributed by atoms with Crippen LogP contribution in [0.5, 0.6) is 11.5 Å². The normalized spacial score (nSPS) is 12.8. The molecule has 0 fully saturated rings. The van der Waals surface area contributed by atoms with E-state index >= 15 is 0 Å². The fourth-order valence-corrected chi connectivity index (χ4v) is 2.21. The van der Waals surface area contributed by atoms with Gasteiger partial charge in [0.05, 0.1) is 5.69 Å². The predicted molar refractivity (Wildman–Crippen MR) is 66.0 cm³/mol. The van der Waals surface area contributed by atoms with Crippen molar-refractivity contribution in [1.29, 1.82) is 0 Å². The molecular weight excluding hydrogens is 284 g/mol. The van der Waals surface area contributed by atoms with E-state index in [0.717, 1.165) is 28.5 Å². The summed E-state index contributed by atoms with van der Waals surface area (Å²) in [6.45, 7) is 2.22. The zero-order chi connectivity index (χ0) is 11.8. The Bertz CT molecular complexity index is 566. The van der Waals surface area contributed by atoms with Gasteiger partial charge >= 0.3 is 0 Å². The number of hydrogen-bond acceptors (Lipinski definition) is 4. The lowest BCUT2D eigenvalue weighted by Gasteiger charge is -2.04. The van der Waals surface area contributed by atoms with Crippen molar-refractivity contribution >= 4 is 15.9 Å². The molecular formula is C12H9BrN2O2. The Balaban J connectivity index is 2.09. The second-order valence-electron chi connectivity index (χ2n) is 3.73. The smallest absolute Gasteiger partial charge is 0.231 e. The molecule has 0 radical (unpaired) electrons. The van der Waals surface area contributed by atoms with Crippen LogP contribution in [0.1, 0.15) is 5.69 Å². The van der Waals surface area contributed by atoms with E-state index in [1.54, 1.807) is 0 Å². The largest absolute Gasteiger partial charge is 0.454 e. The highest BCUT2D eigenvalue weighted by Crippen LogP contribution is 2.35. The highest BCUT2D eigenvalue weighted by Gasteiger charge is 2.14. The zero-order valence-corrected chi connectivity index (χ0v) is 10.7. The number of halogens is 1. The molecule has 0 bridgehead atoms. The molecule has 86 valence electrons. The zero-order valence-electron chi connectivity index (χ0n) is 9.11. The van der Waals surface area contributed by atoms with E-state index in [1.165, 1.54) is 0 Å². The first-order valence-corrected chi connectivity index (χ1v) is 5.93. The molecule has 1 aromatic carbocycles. The van der Waals surface area contributed by atoms with E-state index in [4.69, 9.17) is 9.47 Å². The van der Waals surface area contributed by atoms with E-state index in [9.17, 15) is 0 Å². The molecule has 4 nitrogen and oxygen atoms in total. The maximum Gasteiger partial charge on any atom is 0.231 e. The van der Waals surface area contributed by atoms with Crippen LogP contribution in [0.15, 0.2) is 29.0 Å². The van der Waals surface area contributed by atoms with E-state index in [2.05, 4.69) is 25.9 Å². The average Bonchev–Trinajstić information content (AvgIpc) is 2.74. The molecule has 1 aliphatic rings. The third kappa shape index (κ3) is 1.98. The van der Waals surface area contributed by atoms with Crippen LogP contribution >= 0.6 is 15.9 Å². The van der Waals surface area contributed by atoms with Crippen LogP contribution in [0, 0.1) is 6.92 Å². The molecule has 3 rings (SSSR count). The monoisotopic (exact) mass is 292 g/mol. The maximum atomic E-state index is 5.34. The van der Waals surface area contributed by atoms with Gasteiger partial charge < -0.3 is 9.47 Å². The van der Waals surface area contributed by atoms with E-state index in [-0.39, 0.29) is 6.79 Å². The summed E-state index contributed by atoms with van der Waals surface area (Å²) >= 11 is 3.29. The Labute approximate surface area is 107 Å². The quantitative estimate of drug-likeness (QED) is 0.758. The van der Waals surface area contributed by atoms with Gasteiger partial charge in [-0.25, -0.2) is 9.97 Å². The Kier molecular flexibility index (Phi) is 2.48. The molecule has 0 N–H and O–H groups in total. The molecule has 0 atom stereocenters. The van der Waals surface area contributed by atoms with E-state index in [1.807, 2.05) is 31.2 Å². The van der Waals surface area contributed by atoms with Crippen LogP contribution in [-0.4, -0.2) is 16.8 Å². The molecule has 0 aliphatic carbocycles. The second kappa shape index (κ2) is 4.00. The molecule has 0 unspecified atom stereocenters. The molecule has 0 saturated heterocycles. The lowest BCUT2D eigenvalue weighted by atomic mass is 10.1. The van der Waals surface area contributed by atoms with E-state index < -0.39 is 0 Å². The van der Waals surface area contributed by atoms with Gasteiger partial charge in [0, 0.05) is 11.3 Å². The average molecular weight is 293 g/mol. The summed E-state index contributed by atoms with van der Waals surface area (Å²) in [7, 11) is 0. The molecule has 0 amide bonds. The van der Waals surface area contributed by atoms with Crippen molar-refractivity contribution in [2.24, 2.45) is 0 Å². The molecule has 17 heavy (non-hydrogen) atoms. The molecule has 0 spiro atoms. The molecule has 2 aromatic rings. The Morgan fingerprint density at radius 3 is 2.76 bits per heavy atom. The number of aryl methyl sites for hydroxylation is 1.